The van der Waals surface area contributed by atoms with E-state index in [1.807, 2.05) is 18.2 Å². The van der Waals surface area contributed by atoms with Crippen molar-refractivity contribution >= 4 is 17.6 Å². The van der Waals surface area contributed by atoms with Crippen LogP contribution in [-0.2, 0) is 14.3 Å². The molecule has 5 heteroatoms. The van der Waals surface area contributed by atoms with Crippen molar-refractivity contribution in [2.75, 3.05) is 25.7 Å². The van der Waals surface area contributed by atoms with Gasteiger partial charge in [0.1, 0.15) is 5.75 Å². The zero-order chi connectivity index (χ0) is 13.1. The van der Waals surface area contributed by atoms with Gasteiger partial charge < -0.3 is 14.4 Å². The number of ether oxygens (including phenoxy) is 2. The number of amides is 1. The number of anilines is 1. The number of nitrogens with zero attached hydrogens (tertiary/aromatic N) is 1. The summed E-state index contributed by atoms with van der Waals surface area (Å²) < 4.78 is 9.78. The third-order valence-electron chi connectivity index (χ3n) is 3.02. The molecule has 1 fully saturated rings. The average Bonchev–Trinajstić information content (AvgIpc) is 2.80. The molecule has 0 radical (unpaired) electrons. The molecule has 0 N–H and O–H groups in total. The summed E-state index contributed by atoms with van der Waals surface area (Å²) in [6.07, 6.45) is 0.198. The molecule has 0 spiro atoms. The lowest BCUT2D eigenvalue weighted by Gasteiger charge is -2.17. The third kappa shape index (κ3) is 2.30. The van der Waals surface area contributed by atoms with Crippen LogP contribution in [-0.4, -0.2) is 32.6 Å². The molecule has 0 unspecified atom stereocenters. The molecule has 18 heavy (non-hydrogen) atoms. The van der Waals surface area contributed by atoms with Gasteiger partial charge in [0, 0.05) is 24.7 Å². The average molecular weight is 249 g/mol. The van der Waals surface area contributed by atoms with E-state index in [1.165, 1.54) is 7.11 Å². The first-order valence-corrected chi connectivity index (χ1v) is 5.68. The van der Waals surface area contributed by atoms with E-state index in [2.05, 4.69) is 4.74 Å². The summed E-state index contributed by atoms with van der Waals surface area (Å²) >= 11 is 0. The first kappa shape index (κ1) is 12.4. The fraction of sp³-hybridized carbons (Fsp3) is 0.385. The molecule has 96 valence electrons. The molecule has 1 aliphatic rings. The number of esters is 1. The number of benzene rings is 1. The van der Waals surface area contributed by atoms with E-state index < -0.39 is 0 Å². The topological polar surface area (TPSA) is 55.8 Å². The minimum Gasteiger partial charge on any atom is -0.497 e. The van der Waals surface area contributed by atoms with E-state index in [4.69, 9.17) is 4.74 Å². The van der Waals surface area contributed by atoms with Gasteiger partial charge in [0.15, 0.2) is 0 Å². The van der Waals surface area contributed by atoms with Crippen molar-refractivity contribution in [1.29, 1.82) is 0 Å². The van der Waals surface area contributed by atoms with Crippen LogP contribution in [0.15, 0.2) is 24.3 Å². The SMILES string of the molecule is COC(=O)[C@H]1CC(=O)N(c2cccc(OC)c2)C1. The highest BCUT2D eigenvalue weighted by molar-refractivity contribution is 5.99. The van der Waals surface area contributed by atoms with Crippen molar-refractivity contribution in [2.24, 2.45) is 5.92 Å². The van der Waals surface area contributed by atoms with Gasteiger partial charge in [0.05, 0.1) is 20.1 Å². The summed E-state index contributed by atoms with van der Waals surface area (Å²) in [6.45, 7) is 0.360. The quantitative estimate of drug-likeness (QED) is 0.756. The van der Waals surface area contributed by atoms with Crippen LogP contribution < -0.4 is 9.64 Å². The molecule has 0 aromatic heterocycles. The van der Waals surface area contributed by atoms with Crippen molar-refractivity contribution in [3.63, 3.8) is 0 Å². The number of rotatable bonds is 3. The Balaban J connectivity index is 2.18. The van der Waals surface area contributed by atoms with Gasteiger partial charge in [-0.15, -0.1) is 0 Å². The minimum absolute atomic E-state index is 0.0707. The molecule has 2 rings (SSSR count). The highest BCUT2D eigenvalue weighted by Crippen LogP contribution is 2.28. The van der Waals surface area contributed by atoms with Gasteiger partial charge in [-0.2, -0.15) is 0 Å². The maximum absolute atomic E-state index is 11.9. The van der Waals surface area contributed by atoms with Gasteiger partial charge in [-0.3, -0.25) is 9.59 Å². The van der Waals surface area contributed by atoms with Crippen molar-refractivity contribution < 1.29 is 19.1 Å². The molecule has 1 heterocycles. The largest absolute Gasteiger partial charge is 0.497 e. The second kappa shape index (κ2) is 5.08. The van der Waals surface area contributed by atoms with Crippen LogP contribution in [0.3, 0.4) is 0 Å². The Morgan fingerprint density at radius 2 is 2.17 bits per heavy atom. The van der Waals surface area contributed by atoms with Crippen molar-refractivity contribution in [2.45, 2.75) is 6.42 Å². The molecule has 1 aromatic rings. The third-order valence-corrected chi connectivity index (χ3v) is 3.02. The van der Waals surface area contributed by atoms with Gasteiger partial charge in [-0.1, -0.05) is 6.07 Å². The van der Waals surface area contributed by atoms with Crippen LogP contribution in [0.5, 0.6) is 5.75 Å². The Labute approximate surface area is 105 Å². The first-order chi connectivity index (χ1) is 8.65. The fourth-order valence-electron chi connectivity index (χ4n) is 2.06. The van der Waals surface area contributed by atoms with Crippen LogP contribution in [0.2, 0.25) is 0 Å². The summed E-state index contributed by atoms with van der Waals surface area (Å²) in [7, 11) is 2.91. The van der Waals surface area contributed by atoms with Crippen LogP contribution >= 0.6 is 0 Å². The van der Waals surface area contributed by atoms with Gasteiger partial charge in [0.25, 0.3) is 0 Å². The van der Waals surface area contributed by atoms with Gasteiger partial charge in [0.2, 0.25) is 5.91 Å². The first-order valence-electron chi connectivity index (χ1n) is 5.68. The summed E-state index contributed by atoms with van der Waals surface area (Å²) in [6, 6.07) is 7.21. The molecule has 0 aliphatic carbocycles. The molecule has 1 aliphatic heterocycles. The van der Waals surface area contributed by atoms with Gasteiger partial charge in [-0.25, -0.2) is 0 Å². The molecule has 1 saturated heterocycles. The predicted molar refractivity (Wildman–Crippen MR) is 65.5 cm³/mol. The van der Waals surface area contributed by atoms with Crippen molar-refractivity contribution in [1.82, 2.24) is 0 Å². The Morgan fingerprint density at radius 1 is 1.39 bits per heavy atom. The minimum atomic E-state index is -0.381. The van der Waals surface area contributed by atoms with E-state index in [9.17, 15) is 9.59 Å². The molecule has 1 aromatic carbocycles. The Hall–Kier alpha value is -2.04. The van der Waals surface area contributed by atoms with E-state index in [0.29, 0.717) is 12.3 Å². The monoisotopic (exact) mass is 249 g/mol. The zero-order valence-corrected chi connectivity index (χ0v) is 10.4. The molecule has 0 bridgehead atoms. The van der Waals surface area contributed by atoms with Crippen LogP contribution in [0.4, 0.5) is 5.69 Å². The lowest BCUT2D eigenvalue weighted by molar-refractivity contribution is -0.145. The van der Waals surface area contributed by atoms with Gasteiger partial charge in [-0.05, 0) is 12.1 Å². The Bertz CT molecular complexity index is 472. The van der Waals surface area contributed by atoms with Crippen molar-refractivity contribution in [3.05, 3.63) is 24.3 Å². The van der Waals surface area contributed by atoms with E-state index in [-0.39, 0.29) is 24.2 Å². The molecular formula is C13H15NO4. The highest BCUT2D eigenvalue weighted by atomic mass is 16.5. The normalized spacial score (nSPS) is 18.9. The highest BCUT2D eigenvalue weighted by Gasteiger charge is 2.35. The zero-order valence-electron chi connectivity index (χ0n) is 10.4. The number of hydrogen-bond donors (Lipinski definition) is 0. The summed E-state index contributed by atoms with van der Waals surface area (Å²) in [5, 5.41) is 0. The Kier molecular flexibility index (Phi) is 3.50. The molecule has 1 atom stereocenters. The van der Waals surface area contributed by atoms with Crippen LogP contribution in [0.25, 0.3) is 0 Å². The van der Waals surface area contributed by atoms with Crippen molar-refractivity contribution in [3.8, 4) is 5.75 Å². The van der Waals surface area contributed by atoms with Gasteiger partial charge >= 0.3 is 5.97 Å². The summed E-state index contributed by atoms with van der Waals surface area (Å²) in [5.41, 5.74) is 0.741. The molecular weight excluding hydrogens is 234 g/mol. The maximum Gasteiger partial charge on any atom is 0.311 e. The smallest absolute Gasteiger partial charge is 0.311 e. The summed E-state index contributed by atoms with van der Waals surface area (Å²) in [4.78, 5) is 24.9. The molecule has 1 amide bonds. The lowest BCUT2D eigenvalue weighted by Crippen LogP contribution is -2.26. The number of carbonyl (C=O) groups excluding carboxylic acids is 2. The predicted octanol–water partition coefficient (Wildman–Crippen LogP) is 1.22. The fourth-order valence-corrected chi connectivity index (χ4v) is 2.06. The van der Waals surface area contributed by atoms with E-state index >= 15 is 0 Å². The standard InChI is InChI=1S/C13H15NO4/c1-17-11-5-3-4-10(7-11)14-8-9(6-12(14)15)13(16)18-2/h3-5,7,9H,6,8H2,1-2H3/t9-/m0/s1. The lowest BCUT2D eigenvalue weighted by atomic mass is 10.1. The molecule has 0 saturated carbocycles. The van der Waals surface area contributed by atoms with E-state index in [1.54, 1.807) is 18.1 Å². The van der Waals surface area contributed by atoms with Crippen LogP contribution in [0.1, 0.15) is 6.42 Å². The van der Waals surface area contributed by atoms with Crippen LogP contribution in [0, 0.1) is 5.92 Å². The summed E-state index contributed by atoms with van der Waals surface area (Å²) in [5.74, 6) is -0.108. The maximum atomic E-state index is 11.9. The number of hydrogen-bond acceptors (Lipinski definition) is 4. The van der Waals surface area contributed by atoms with E-state index in [0.717, 1.165) is 5.69 Å². The molecule has 5 nitrogen and oxygen atoms in total. The number of carbonyl (C=O) groups is 2. The Morgan fingerprint density at radius 3 is 2.83 bits per heavy atom. The number of methoxy groups -OCH3 is 2. The second-order valence-electron chi connectivity index (χ2n) is 4.13. The second-order valence-corrected chi connectivity index (χ2v) is 4.13.